The highest BCUT2D eigenvalue weighted by atomic mass is 35.5. The van der Waals surface area contributed by atoms with Crippen LogP contribution < -0.4 is 10.6 Å². The molecule has 1 amide bonds. The van der Waals surface area contributed by atoms with Gasteiger partial charge < -0.3 is 5.32 Å². The van der Waals surface area contributed by atoms with Crippen molar-refractivity contribution in [2.45, 2.75) is 6.42 Å². The third kappa shape index (κ3) is 5.26. The molecule has 1 aromatic heterocycles. The number of anilines is 1. The Labute approximate surface area is 172 Å². The van der Waals surface area contributed by atoms with Gasteiger partial charge in [-0.2, -0.15) is 0 Å². The van der Waals surface area contributed by atoms with Crippen molar-refractivity contribution in [3.05, 3.63) is 93.7 Å². The van der Waals surface area contributed by atoms with Gasteiger partial charge in [0.05, 0.1) is 15.6 Å². The summed E-state index contributed by atoms with van der Waals surface area (Å²) in [4.78, 5) is 16.3. The summed E-state index contributed by atoms with van der Waals surface area (Å²) >= 11 is 17.2. The molecule has 0 saturated heterocycles. The van der Waals surface area contributed by atoms with Gasteiger partial charge >= 0.3 is 0 Å². The largest absolute Gasteiger partial charge is 0.332 e. The fourth-order valence-electron chi connectivity index (χ4n) is 2.45. The maximum atomic E-state index is 12.3. The molecule has 0 fully saturated rings. The predicted octanol–water partition coefficient (Wildman–Crippen LogP) is 5.11. The summed E-state index contributed by atoms with van der Waals surface area (Å²) in [5, 5.41) is 6.27. The highest BCUT2D eigenvalue weighted by Crippen LogP contribution is 2.25. The molecule has 0 spiro atoms. The van der Waals surface area contributed by atoms with Gasteiger partial charge in [0.2, 0.25) is 0 Å². The van der Waals surface area contributed by atoms with Gasteiger partial charge in [-0.25, -0.2) is 0 Å². The molecule has 0 atom stereocenters. The van der Waals surface area contributed by atoms with Crippen LogP contribution >= 0.6 is 35.4 Å². The Bertz CT molecular complexity index is 963. The van der Waals surface area contributed by atoms with Crippen LogP contribution in [0.2, 0.25) is 10.0 Å². The van der Waals surface area contributed by atoms with E-state index in [4.69, 9.17) is 35.4 Å². The van der Waals surface area contributed by atoms with Crippen molar-refractivity contribution < 1.29 is 4.79 Å². The molecule has 0 radical (unpaired) electrons. The first-order chi connectivity index (χ1) is 13.0. The van der Waals surface area contributed by atoms with Crippen LogP contribution in [0.5, 0.6) is 0 Å². The van der Waals surface area contributed by atoms with E-state index in [9.17, 15) is 4.79 Å². The van der Waals surface area contributed by atoms with Gasteiger partial charge in [-0.15, -0.1) is 0 Å². The topological polar surface area (TPSA) is 54.0 Å². The van der Waals surface area contributed by atoms with Crippen LogP contribution in [-0.4, -0.2) is 16.0 Å². The normalized spacial score (nSPS) is 10.3. The van der Waals surface area contributed by atoms with E-state index in [-0.39, 0.29) is 15.7 Å². The average Bonchev–Trinajstić information content (AvgIpc) is 2.66. The zero-order valence-corrected chi connectivity index (χ0v) is 16.4. The lowest BCUT2D eigenvalue weighted by Crippen LogP contribution is -2.34. The minimum absolute atomic E-state index is 0.179. The lowest BCUT2D eigenvalue weighted by Gasteiger charge is -2.11. The van der Waals surface area contributed by atoms with Crippen molar-refractivity contribution in [3.63, 3.8) is 0 Å². The number of pyridine rings is 1. The minimum atomic E-state index is -0.422. The van der Waals surface area contributed by atoms with Crippen molar-refractivity contribution in [1.29, 1.82) is 0 Å². The van der Waals surface area contributed by atoms with Crippen LogP contribution in [0.1, 0.15) is 21.5 Å². The van der Waals surface area contributed by atoms with Crippen LogP contribution in [0.15, 0.2) is 67.0 Å². The summed E-state index contributed by atoms with van der Waals surface area (Å²) in [6, 6.07) is 16.6. The van der Waals surface area contributed by atoms with E-state index in [2.05, 4.69) is 15.6 Å². The lowest BCUT2D eigenvalue weighted by atomic mass is 10.1. The van der Waals surface area contributed by atoms with Gasteiger partial charge in [0.15, 0.2) is 5.11 Å². The zero-order chi connectivity index (χ0) is 19.2. The molecule has 4 nitrogen and oxygen atoms in total. The molecule has 3 aromatic rings. The quantitative estimate of drug-likeness (QED) is 0.581. The third-order valence-corrected chi connectivity index (χ3v) is 4.82. The molecule has 0 saturated carbocycles. The molecular formula is C20H15Cl2N3OS. The van der Waals surface area contributed by atoms with Gasteiger partial charge in [0.25, 0.3) is 5.91 Å². The SMILES string of the molecule is O=C(NC(=S)Nc1ccc(Cc2ccncc2)cc1)c1cccc(Cl)c1Cl. The second kappa shape index (κ2) is 8.95. The Balaban J connectivity index is 1.59. The molecular weight excluding hydrogens is 401 g/mol. The number of hydrogen-bond donors (Lipinski definition) is 2. The maximum Gasteiger partial charge on any atom is 0.258 e. The third-order valence-electron chi connectivity index (χ3n) is 3.79. The molecule has 0 aliphatic heterocycles. The van der Waals surface area contributed by atoms with Crippen LogP contribution in [0.3, 0.4) is 0 Å². The molecule has 1 heterocycles. The second-order valence-corrected chi connectivity index (χ2v) is 6.93. The standard InChI is InChI=1S/C20H15Cl2N3OS/c21-17-3-1-2-16(18(17)22)19(26)25-20(27)24-15-6-4-13(5-7-15)12-14-8-10-23-11-9-14/h1-11H,12H2,(H2,24,25,26,27). The number of nitrogens with one attached hydrogen (secondary N) is 2. The van der Waals surface area contributed by atoms with Crippen molar-refractivity contribution >= 4 is 52.1 Å². The Morgan fingerprint density at radius 1 is 0.963 bits per heavy atom. The summed E-state index contributed by atoms with van der Waals surface area (Å²) in [5.41, 5.74) is 3.39. The highest BCUT2D eigenvalue weighted by molar-refractivity contribution is 7.80. The summed E-state index contributed by atoms with van der Waals surface area (Å²) in [6.07, 6.45) is 4.37. The number of aromatic nitrogens is 1. The van der Waals surface area contributed by atoms with E-state index >= 15 is 0 Å². The zero-order valence-electron chi connectivity index (χ0n) is 14.1. The van der Waals surface area contributed by atoms with Crippen molar-refractivity contribution in [2.75, 3.05) is 5.32 Å². The number of carbonyl (C=O) groups is 1. The van der Waals surface area contributed by atoms with Crippen LogP contribution in [-0.2, 0) is 6.42 Å². The van der Waals surface area contributed by atoms with Crippen LogP contribution in [0.4, 0.5) is 5.69 Å². The molecule has 3 rings (SSSR count). The Hall–Kier alpha value is -2.47. The molecule has 27 heavy (non-hydrogen) atoms. The molecule has 0 aliphatic rings. The average molecular weight is 416 g/mol. The van der Waals surface area contributed by atoms with E-state index in [0.717, 1.165) is 17.7 Å². The molecule has 136 valence electrons. The number of thiocarbonyl (C=S) groups is 1. The van der Waals surface area contributed by atoms with Gasteiger partial charge in [-0.1, -0.05) is 41.4 Å². The Morgan fingerprint density at radius 3 is 2.33 bits per heavy atom. The summed E-state index contributed by atoms with van der Waals surface area (Å²) in [6.45, 7) is 0. The number of nitrogens with zero attached hydrogens (tertiary/aromatic N) is 1. The Morgan fingerprint density at radius 2 is 1.63 bits per heavy atom. The summed E-state index contributed by atoms with van der Waals surface area (Å²) in [7, 11) is 0. The summed E-state index contributed by atoms with van der Waals surface area (Å²) in [5.74, 6) is -0.422. The molecule has 2 N–H and O–H groups in total. The Kier molecular flexibility index (Phi) is 6.40. The van der Waals surface area contributed by atoms with Gasteiger partial charge in [-0.05, 0) is 66.2 Å². The van der Waals surface area contributed by atoms with E-state index in [0.29, 0.717) is 5.02 Å². The van der Waals surface area contributed by atoms with Gasteiger partial charge in [0.1, 0.15) is 0 Å². The van der Waals surface area contributed by atoms with Gasteiger partial charge in [0, 0.05) is 18.1 Å². The molecule has 7 heteroatoms. The number of rotatable bonds is 4. The summed E-state index contributed by atoms with van der Waals surface area (Å²) < 4.78 is 0. The van der Waals surface area contributed by atoms with Crippen molar-refractivity contribution in [1.82, 2.24) is 10.3 Å². The van der Waals surface area contributed by atoms with E-state index in [1.165, 1.54) is 5.56 Å². The first-order valence-electron chi connectivity index (χ1n) is 8.07. The molecule has 2 aromatic carbocycles. The fraction of sp³-hybridized carbons (Fsp3) is 0.0500. The smallest absolute Gasteiger partial charge is 0.258 e. The monoisotopic (exact) mass is 415 g/mol. The van der Waals surface area contributed by atoms with Crippen molar-refractivity contribution in [2.24, 2.45) is 0 Å². The minimum Gasteiger partial charge on any atom is -0.332 e. The molecule has 0 unspecified atom stereocenters. The van der Waals surface area contributed by atoms with Gasteiger partial charge in [-0.3, -0.25) is 15.1 Å². The number of carbonyl (C=O) groups excluding carboxylic acids is 1. The van der Waals surface area contributed by atoms with E-state index in [1.807, 2.05) is 36.4 Å². The van der Waals surface area contributed by atoms with Crippen molar-refractivity contribution in [3.8, 4) is 0 Å². The first-order valence-corrected chi connectivity index (χ1v) is 9.23. The second-order valence-electron chi connectivity index (χ2n) is 5.74. The highest BCUT2D eigenvalue weighted by Gasteiger charge is 2.13. The number of amides is 1. The molecule has 0 aliphatic carbocycles. The van der Waals surface area contributed by atoms with E-state index in [1.54, 1.807) is 30.6 Å². The van der Waals surface area contributed by atoms with Crippen LogP contribution in [0.25, 0.3) is 0 Å². The first kappa shape index (κ1) is 19.3. The molecule has 0 bridgehead atoms. The fourth-order valence-corrected chi connectivity index (χ4v) is 3.05. The maximum absolute atomic E-state index is 12.3. The number of benzene rings is 2. The predicted molar refractivity (Wildman–Crippen MR) is 114 cm³/mol. The number of hydrogen-bond acceptors (Lipinski definition) is 3. The van der Waals surface area contributed by atoms with Crippen LogP contribution in [0, 0.1) is 0 Å². The number of halogens is 2. The van der Waals surface area contributed by atoms with E-state index < -0.39 is 5.91 Å². The lowest BCUT2D eigenvalue weighted by molar-refractivity contribution is 0.0978.